The van der Waals surface area contributed by atoms with E-state index in [2.05, 4.69) is 5.32 Å². The molecule has 2 amide bonds. The van der Waals surface area contributed by atoms with Crippen LogP contribution >= 0.6 is 23.2 Å². The van der Waals surface area contributed by atoms with Gasteiger partial charge in [-0.05, 0) is 67.1 Å². The highest BCUT2D eigenvalue weighted by atomic mass is 35.5. The van der Waals surface area contributed by atoms with Crippen LogP contribution in [-0.2, 0) is 32.8 Å². The Bertz CT molecular complexity index is 1580. The van der Waals surface area contributed by atoms with Crippen LogP contribution in [0.25, 0.3) is 0 Å². The highest BCUT2D eigenvalue weighted by Gasteiger charge is 2.36. The lowest BCUT2D eigenvalue weighted by atomic mass is 10.0. The molecule has 0 spiro atoms. The Morgan fingerprint density at radius 2 is 1.59 bits per heavy atom. The lowest BCUT2D eigenvalue weighted by Gasteiger charge is -2.35. The second-order valence-electron chi connectivity index (χ2n) is 11.6. The zero-order valence-corrected chi connectivity index (χ0v) is 27.9. The maximum atomic E-state index is 14.5. The monoisotopic (exact) mass is 658 g/mol. The molecule has 8 nitrogen and oxygen atoms in total. The van der Waals surface area contributed by atoms with Crippen molar-refractivity contribution in [2.75, 3.05) is 24.9 Å². The fourth-order valence-electron chi connectivity index (χ4n) is 5.45. The lowest BCUT2D eigenvalue weighted by molar-refractivity contribution is -0.140. The number of amides is 2. The van der Waals surface area contributed by atoms with E-state index in [-0.39, 0.29) is 24.9 Å². The molecule has 236 valence electrons. The molecule has 1 N–H and O–H groups in total. The maximum Gasteiger partial charge on any atom is 0.304 e. The molecule has 4 rings (SSSR count). The minimum atomic E-state index is -4.09. The molecule has 1 saturated carbocycles. The molecule has 1 fully saturated rings. The fraction of sp³-hybridized carbons (Fsp3) is 0.394. The molecule has 1 atom stereocenters. The van der Waals surface area contributed by atoms with Gasteiger partial charge in [0, 0.05) is 33.1 Å². The van der Waals surface area contributed by atoms with Crippen molar-refractivity contribution in [3.63, 3.8) is 0 Å². The number of anilines is 1. The van der Waals surface area contributed by atoms with Gasteiger partial charge < -0.3 is 10.2 Å². The number of benzene rings is 3. The summed E-state index contributed by atoms with van der Waals surface area (Å²) in [6, 6.07) is 19.1. The van der Waals surface area contributed by atoms with Crippen LogP contribution in [0, 0.1) is 13.8 Å². The summed E-state index contributed by atoms with van der Waals surface area (Å²) in [5.41, 5.74) is 3.48. The molecule has 0 aromatic heterocycles. The number of carbonyl (C=O) groups is 2. The SMILES string of the molecule is Cc1ccc(C)c(N(CC(=O)N(Cc2ccc(Cl)c(Cl)c2)C(Cc2ccccc2)C(=O)NC2CCCC2)S(=O)(=O)N(C)C)c1. The zero-order valence-electron chi connectivity index (χ0n) is 25.6. The van der Waals surface area contributed by atoms with E-state index in [0.29, 0.717) is 26.9 Å². The highest BCUT2D eigenvalue weighted by Crippen LogP contribution is 2.28. The van der Waals surface area contributed by atoms with Crippen molar-refractivity contribution in [2.24, 2.45) is 0 Å². The molecule has 3 aromatic carbocycles. The summed E-state index contributed by atoms with van der Waals surface area (Å²) in [5.74, 6) is -0.798. The van der Waals surface area contributed by atoms with Crippen molar-refractivity contribution >= 4 is 50.9 Å². The molecule has 0 heterocycles. The smallest absolute Gasteiger partial charge is 0.304 e. The van der Waals surface area contributed by atoms with E-state index >= 15 is 0 Å². The molecule has 1 unspecified atom stereocenters. The van der Waals surface area contributed by atoms with Crippen LogP contribution in [-0.4, -0.2) is 62.2 Å². The first-order valence-electron chi connectivity index (χ1n) is 14.7. The van der Waals surface area contributed by atoms with E-state index in [1.54, 1.807) is 31.2 Å². The van der Waals surface area contributed by atoms with Gasteiger partial charge in [-0.1, -0.05) is 84.6 Å². The van der Waals surface area contributed by atoms with E-state index < -0.39 is 28.7 Å². The summed E-state index contributed by atoms with van der Waals surface area (Å²) >= 11 is 12.5. The minimum Gasteiger partial charge on any atom is -0.352 e. The first kappa shape index (κ1) is 33.8. The molecular formula is C33H40Cl2N4O4S. The summed E-state index contributed by atoms with van der Waals surface area (Å²) in [4.78, 5) is 30.0. The zero-order chi connectivity index (χ0) is 32.0. The number of nitrogens with zero attached hydrogens (tertiary/aromatic N) is 3. The average Bonchev–Trinajstić information content (AvgIpc) is 3.50. The van der Waals surface area contributed by atoms with E-state index in [1.807, 2.05) is 49.4 Å². The Labute approximate surface area is 271 Å². The summed E-state index contributed by atoms with van der Waals surface area (Å²) in [6.07, 6.45) is 4.08. The van der Waals surface area contributed by atoms with Crippen molar-refractivity contribution in [2.45, 2.75) is 64.6 Å². The molecule has 0 aliphatic heterocycles. The van der Waals surface area contributed by atoms with E-state index in [1.165, 1.54) is 19.0 Å². The molecular weight excluding hydrogens is 619 g/mol. The predicted octanol–water partition coefficient (Wildman–Crippen LogP) is 5.92. The van der Waals surface area contributed by atoms with Crippen LogP contribution in [0.1, 0.15) is 47.9 Å². The lowest BCUT2D eigenvalue weighted by Crippen LogP contribution is -2.55. The van der Waals surface area contributed by atoms with Crippen LogP contribution in [0.3, 0.4) is 0 Å². The molecule has 11 heteroatoms. The quantitative estimate of drug-likeness (QED) is 0.262. The van der Waals surface area contributed by atoms with Crippen molar-refractivity contribution in [1.82, 2.24) is 14.5 Å². The van der Waals surface area contributed by atoms with Gasteiger partial charge in [-0.25, -0.2) is 4.31 Å². The summed E-state index contributed by atoms with van der Waals surface area (Å²) in [6.45, 7) is 3.19. The minimum absolute atomic E-state index is 0.0218. The van der Waals surface area contributed by atoms with Gasteiger partial charge in [-0.2, -0.15) is 12.7 Å². The van der Waals surface area contributed by atoms with Crippen molar-refractivity contribution in [3.8, 4) is 0 Å². The number of carbonyl (C=O) groups excluding carboxylic acids is 2. The van der Waals surface area contributed by atoms with Gasteiger partial charge in [0.1, 0.15) is 12.6 Å². The number of hydrogen-bond donors (Lipinski definition) is 1. The summed E-state index contributed by atoms with van der Waals surface area (Å²) in [5, 5.41) is 3.86. The Morgan fingerprint density at radius 1 is 0.909 bits per heavy atom. The third kappa shape index (κ3) is 8.33. The van der Waals surface area contributed by atoms with Crippen molar-refractivity contribution in [1.29, 1.82) is 0 Å². The molecule has 44 heavy (non-hydrogen) atoms. The molecule has 0 bridgehead atoms. The van der Waals surface area contributed by atoms with Gasteiger partial charge in [0.05, 0.1) is 15.7 Å². The predicted molar refractivity (Wildman–Crippen MR) is 177 cm³/mol. The molecule has 0 radical (unpaired) electrons. The second kappa shape index (κ2) is 14.8. The van der Waals surface area contributed by atoms with Crippen LogP contribution < -0.4 is 9.62 Å². The van der Waals surface area contributed by atoms with Gasteiger partial charge in [0.2, 0.25) is 11.8 Å². The maximum absolute atomic E-state index is 14.5. The van der Waals surface area contributed by atoms with E-state index in [0.717, 1.165) is 45.4 Å². The standard InChI is InChI=1S/C33H40Cl2N4O4S/c1-23-14-15-24(2)30(18-23)39(44(42,43)37(3)4)22-32(40)38(21-26-16-17-28(34)29(35)19-26)31(20-25-10-6-5-7-11-25)33(41)36-27-12-8-9-13-27/h5-7,10-11,14-19,27,31H,8-9,12-13,20-22H2,1-4H3,(H,36,41). The third-order valence-corrected chi connectivity index (χ3v) is 10.5. The van der Waals surface area contributed by atoms with Gasteiger partial charge in [0.15, 0.2) is 0 Å². The number of rotatable bonds is 12. The molecule has 0 saturated heterocycles. The van der Waals surface area contributed by atoms with Crippen LogP contribution in [0.15, 0.2) is 66.7 Å². The number of halogens is 2. The highest BCUT2D eigenvalue weighted by molar-refractivity contribution is 7.90. The van der Waals surface area contributed by atoms with E-state index in [9.17, 15) is 18.0 Å². The van der Waals surface area contributed by atoms with Crippen LogP contribution in [0.5, 0.6) is 0 Å². The fourth-order valence-corrected chi connectivity index (χ4v) is 6.88. The number of aryl methyl sites for hydroxylation is 2. The van der Waals surface area contributed by atoms with Gasteiger partial charge in [-0.15, -0.1) is 0 Å². The first-order valence-corrected chi connectivity index (χ1v) is 16.9. The van der Waals surface area contributed by atoms with Crippen molar-refractivity contribution < 1.29 is 18.0 Å². The van der Waals surface area contributed by atoms with Gasteiger partial charge >= 0.3 is 10.2 Å². The van der Waals surface area contributed by atoms with Gasteiger partial charge in [0.25, 0.3) is 0 Å². The van der Waals surface area contributed by atoms with E-state index in [4.69, 9.17) is 23.2 Å². The van der Waals surface area contributed by atoms with Crippen LogP contribution in [0.4, 0.5) is 5.69 Å². The third-order valence-electron chi connectivity index (χ3n) is 7.96. The Kier molecular flexibility index (Phi) is 11.3. The first-order chi connectivity index (χ1) is 20.9. The van der Waals surface area contributed by atoms with Crippen LogP contribution in [0.2, 0.25) is 10.0 Å². The molecule has 1 aliphatic carbocycles. The number of hydrogen-bond acceptors (Lipinski definition) is 4. The van der Waals surface area contributed by atoms with Crippen molar-refractivity contribution in [3.05, 3.63) is 99.0 Å². The summed E-state index contributed by atoms with van der Waals surface area (Å²) in [7, 11) is -1.23. The number of nitrogens with one attached hydrogen (secondary N) is 1. The second-order valence-corrected chi connectivity index (χ2v) is 14.4. The average molecular weight is 660 g/mol. The molecule has 1 aliphatic rings. The molecule has 3 aromatic rings. The largest absolute Gasteiger partial charge is 0.352 e. The Hall–Kier alpha value is -3.11. The normalized spacial score (nSPS) is 14.4. The topological polar surface area (TPSA) is 90.0 Å². The van der Waals surface area contributed by atoms with Gasteiger partial charge in [-0.3, -0.25) is 9.59 Å². The Balaban J connectivity index is 1.79. The summed E-state index contributed by atoms with van der Waals surface area (Å²) < 4.78 is 29.6. The Morgan fingerprint density at radius 3 is 2.23 bits per heavy atom.